The number of hydrogen-bond acceptors (Lipinski definition) is 5. The number of benzene rings is 2. The van der Waals surface area contributed by atoms with E-state index in [1.807, 2.05) is 0 Å². The van der Waals surface area contributed by atoms with Crippen LogP contribution in [0.4, 0.5) is 17.6 Å². The lowest BCUT2D eigenvalue weighted by Crippen LogP contribution is -2.09. The van der Waals surface area contributed by atoms with Crippen molar-refractivity contribution in [3.8, 4) is 11.4 Å². The molecule has 0 spiro atoms. The second-order valence-electron chi connectivity index (χ2n) is 5.20. The molecule has 0 saturated heterocycles. The highest BCUT2D eigenvalue weighted by molar-refractivity contribution is 7.79. The van der Waals surface area contributed by atoms with Gasteiger partial charge in [-0.15, -0.1) is 0 Å². The Morgan fingerprint density at radius 2 is 1.73 bits per heavy atom. The van der Waals surface area contributed by atoms with Gasteiger partial charge in [-0.05, 0) is 22.7 Å². The summed E-state index contributed by atoms with van der Waals surface area (Å²) >= 11 is -2.66. The largest absolute Gasteiger partial charge is 0.772 e. The van der Waals surface area contributed by atoms with Crippen LogP contribution in [0.2, 0.25) is 0 Å². The second kappa shape index (κ2) is 6.96. The number of nitrogens with zero attached hydrogens (tertiary/aromatic N) is 2. The molecule has 0 aliphatic carbocycles. The van der Waals surface area contributed by atoms with Crippen molar-refractivity contribution in [1.82, 2.24) is 10.1 Å². The van der Waals surface area contributed by atoms with Gasteiger partial charge in [0.15, 0.2) is 0 Å². The highest BCUT2D eigenvalue weighted by Gasteiger charge is 2.38. The van der Waals surface area contributed by atoms with Crippen molar-refractivity contribution in [1.29, 1.82) is 0 Å². The fourth-order valence-electron chi connectivity index (χ4n) is 2.34. The molecule has 0 N–H and O–H groups in total. The Bertz CT molecular complexity index is 941. The minimum Gasteiger partial charge on any atom is -0.772 e. The summed E-state index contributed by atoms with van der Waals surface area (Å²) < 4.78 is 78.8. The van der Waals surface area contributed by atoms with Gasteiger partial charge in [-0.25, -0.2) is 4.39 Å². The van der Waals surface area contributed by atoms with Crippen LogP contribution in [0, 0.1) is 5.82 Å². The fraction of sp³-hybridized carbons (Fsp3) is 0.125. The second-order valence-corrected chi connectivity index (χ2v) is 6.20. The SMILES string of the molecule is O=S([O-])C(c1ccc(-c2noc(C(F)(F)F)n2)cc1)c1ccccc1F. The van der Waals surface area contributed by atoms with Gasteiger partial charge < -0.3 is 9.08 Å². The van der Waals surface area contributed by atoms with Crippen LogP contribution < -0.4 is 0 Å². The van der Waals surface area contributed by atoms with Crippen LogP contribution in [0.25, 0.3) is 11.4 Å². The molecule has 0 amide bonds. The monoisotopic (exact) mass is 385 g/mol. The molecular formula is C16H9F4N2O3S-. The average Bonchev–Trinajstić information content (AvgIpc) is 3.07. The van der Waals surface area contributed by atoms with Crippen molar-refractivity contribution in [2.75, 3.05) is 0 Å². The Balaban J connectivity index is 1.94. The van der Waals surface area contributed by atoms with Crippen LogP contribution in [0.15, 0.2) is 53.1 Å². The van der Waals surface area contributed by atoms with Crippen LogP contribution in [0.5, 0.6) is 0 Å². The number of hydrogen-bond donors (Lipinski definition) is 0. The lowest BCUT2D eigenvalue weighted by atomic mass is 10.0. The lowest BCUT2D eigenvalue weighted by Gasteiger charge is -2.21. The third-order valence-corrected chi connectivity index (χ3v) is 4.43. The molecule has 10 heteroatoms. The molecule has 0 aliphatic rings. The minimum atomic E-state index is -4.76. The summed E-state index contributed by atoms with van der Waals surface area (Å²) in [6.07, 6.45) is -4.76. The first-order valence-corrected chi connectivity index (χ1v) is 8.25. The molecule has 2 aromatic carbocycles. The maximum atomic E-state index is 13.9. The molecule has 136 valence electrons. The zero-order valence-electron chi connectivity index (χ0n) is 12.7. The Hall–Kier alpha value is -2.59. The molecule has 2 unspecified atom stereocenters. The van der Waals surface area contributed by atoms with Crippen molar-refractivity contribution in [2.24, 2.45) is 0 Å². The summed E-state index contributed by atoms with van der Waals surface area (Å²) in [6, 6.07) is 10.8. The molecule has 0 bridgehead atoms. The molecule has 0 radical (unpaired) electrons. The van der Waals surface area contributed by atoms with Crippen molar-refractivity contribution < 1.29 is 30.8 Å². The van der Waals surface area contributed by atoms with Gasteiger partial charge in [0.1, 0.15) is 5.82 Å². The summed E-state index contributed by atoms with van der Waals surface area (Å²) in [5.74, 6) is -2.46. The number of aromatic nitrogens is 2. The molecule has 2 atom stereocenters. The highest BCUT2D eigenvalue weighted by atomic mass is 32.2. The normalized spacial score (nSPS) is 14.2. The molecule has 3 aromatic rings. The number of halogens is 4. The van der Waals surface area contributed by atoms with Crippen molar-refractivity contribution in [3.63, 3.8) is 0 Å². The van der Waals surface area contributed by atoms with E-state index in [1.54, 1.807) is 0 Å². The van der Waals surface area contributed by atoms with Crippen LogP contribution in [0.3, 0.4) is 0 Å². The van der Waals surface area contributed by atoms with Gasteiger partial charge in [-0.2, -0.15) is 18.2 Å². The van der Waals surface area contributed by atoms with E-state index < -0.39 is 34.2 Å². The van der Waals surface area contributed by atoms with E-state index in [2.05, 4.69) is 14.7 Å². The molecule has 0 aliphatic heterocycles. The van der Waals surface area contributed by atoms with Crippen LogP contribution in [-0.2, 0) is 17.3 Å². The minimum absolute atomic E-state index is 0.0347. The molecule has 1 heterocycles. The van der Waals surface area contributed by atoms with Crippen LogP contribution in [-0.4, -0.2) is 18.9 Å². The maximum Gasteiger partial charge on any atom is 0.471 e. The predicted octanol–water partition coefficient (Wildman–Crippen LogP) is 3.86. The average molecular weight is 385 g/mol. The molecule has 0 saturated carbocycles. The summed E-state index contributed by atoms with van der Waals surface area (Å²) in [6.45, 7) is 0. The standard InChI is InChI=1S/C16H10F4N2O3S/c17-12-4-2-1-3-11(12)13(26(23)24)9-5-7-10(8-6-9)14-21-15(25-22-14)16(18,19)20/h1-8,13H,(H,23,24)/p-1. The van der Waals surface area contributed by atoms with E-state index >= 15 is 0 Å². The molecule has 5 nitrogen and oxygen atoms in total. The van der Waals surface area contributed by atoms with E-state index in [-0.39, 0.29) is 22.5 Å². The van der Waals surface area contributed by atoms with Crippen molar-refractivity contribution in [2.45, 2.75) is 11.4 Å². The van der Waals surface area contributed by atoms with Gasteiger partial charge in [0.2, 0.25) is 5.82 Å². The van der Waals surface area contributed by atoms with Gasteiger partial charge in [-0.1, -0.05) is 47.6 Å². The van der Waals surface area contributed by atoms with Crippen LogP contribution in [0.1, 0.15) is 22.3 Å². The van der Waals surface area contributed by atoms with Gasteiger partial charge in [-0.3, -0.25) is 4.21 Å². The first kappa shape index (κ1) is 18.2. The summed E-state index contributed by atoms with van der Waals surface area (Å²) in [7, 11) is 0. The van der Waals surface area contributed by atoms with Gasteiger partial charge in [0, 0.05) is 11.1 Å². The molecular weight excluding hydrogens is 376 g/mol. The van der Waals surface area contributed by atoms with Gasteiger partial charge in [0.25, 0.3) is 0 Å². The predicted molar refractivity (Wildman–Crippen MR) is 81.9 cm³/mol. The quantitative estimate of drug-likeness (QED) is 0.503. The van der Waals surface area contributed by atoms with Crippen LogP contribution >= 0.6 is 0 Å². The van der Waals surface area contributed by atoms with E-state index in [1.165, 1.54) is 42.5 Å². The summed E-state index contributed by atoms with van der Waals surface area (Å²) in [4.78, 5) is 3.25. The zero-order valence-corrected chi connectivity index (χ0v) is 13.6. The number of rotatable bonds is 4. The highest BCUT2D eigenvalue weighted by Crippen LogP contribution is 2.32. The van der Waals surface area contributed by atoms with E-state index in [0.717, 1.165) is 6.07 Å². The Kier molecular flexibility index (Phi) is 4.88. The first-order valence-electron chi connectivity index (χ1n) is 7.11. The number of alkyl halides is 3. The Labute approximate surface area is 147 Å². The Morgan fingerprint density at radius 1 is 1.08 bits per heavy atom. The first-order chi connectivity index (χ1) is 12.3. The molecule has 26 heavy (non-hydrogen) atoms. The zero-order chi connectivity index (χ0) is 18.9. The Morgan fingerprint density at radius 3 is 2.27 bits per heavy atom. The molecule has 3 rings (SSSR count). The van der Waals surface area contributed by atoms with Gasteiger partial charge in [0.05, 0.1) is 5.25 Å². The summed E-state index contributed by atoms with van der Waals surface area (Å²) in [5, 5.41) is 1.98. The maximum absolute atomic E-state index is 13.9. The third-order valence-electron chi connectivity index (χ3n) is 3.52. The fourth-order valence-corrected chi connectivity index (χ4v) is 3.12. The van der Waals surface area contributed by atoms with Crippen molar-refractivity contribution in [3.05, 3.63) is 71.4 Å². The van der Waals surface area contributed by atoms with Crippen molar-refractivity contribution >= 4 is 11.1 Å². The topological polar surface area (TPSA) is 79.0 Å². The van der Waals surface area contributed by atoms with E-state index in [9.17, 15) is 26.3 Å². The third kappa shape index (κ3) is 3.65. The molecule has 0 fully saturated rings. The lowest BCUT2D eigenvalue weighted by molar-refractivity contribution is -0.159. The van der Waals surface area contributed by atoms with E-state index in [4.69, 9.17) is 0 Å². The summed E-state index contributed by atoms with van der Waals surface area (Å²) in [5.41, 5.74) is 0.399. The van der Waals surface area contributed by atoms with E-state index in [0.29, 0.717) is 0 Å². The molecule has 1 aromatic heterocycles. The van der Waals surface area contributed by atoms with Gasteiger partial charge >= 0.3 is 12.1 Å². The smallest absolute Gasteiger partial charge is 0.471 e.